The van der Waals surface area contributed by atoms with Crippen LogP contribution in [0.1, 0.15) is 27.0 Å². The number of para-hydroxylation sites is 3. The molecule has 0 bridgehead atoms. The van der Waals surface area contributed by atoms with E-state index >= 15 is 0 Å². The van der Waals surface area contributed by atoms with Gasteiger partial charge in [-0.1, -0.05) is 66.7 Å². The Morgan fingerprint density at radius 3 is 2.30 bits per heavy atom. The van der Waals surface area contributed by atoms with Gasteiger partial charge in [0.1, 0.15) is 5.75 Å². The van der Waals surface area contributed by atoms with Crippen LogP contribution in [0.25, 0.3) is 0 Å². The Kier molecular flexibility index (Phi) is 6.18. The van der Waals surface area contributed by atoms with Gasteiger partial charge in [-0.2, -0.15) is 0 Å². The zero-order chi connectivity index (χ0) is 22.5. The summed E-state index contributed by atoms with van der Waals surface area (Å²) in [6.45, 7) is 2.90. The first-order chi connectivity index (χ1) is 16.2. The van der Waals surface area contributed by atoms with Gasteiger partial charge in [0, 0.05) is 25.2 Å². The van der Waals surface area contributed by atoms with Crippen LogP contribution in [0.15, 0.2) is 103 Å². The number of anilines is 1. The highest BCUT2D eigenvalue weighted by molar-refractivity contribution is 6.05. The summed E-state index contributed by atoms with van der Waals surface area (Å²) in [7, 11) is 0. The lowest BCUT2D eigenvalue weighted by molar-refractivity contribution is 0.102. The lowest BCUT2D eigenvalue weighted by Crippen LogP contribution is -2.29. The second-order valence-electron chi connectivity index (χ2n) is 8.29. The molecular weight excluding hydrogens is 408 g/mol. The van der Waals surface area contributed by atoms with Gasteiger partial charge >= 0.3 is 0 Å². The Morgan fingerprint density at radius 2 is 1.48 bits per heavy atom. The first kappa shape index (κ1) is 21.0. The normalized spacial score (nSPS) is 13.2. The van der Waals surface area contributed by atoms with E-state index in [4.69, 9.17) is 4.74 Å². The molecule has 0 saturated heterocycles. The van der Waals surface area contributed by atoms with Crippen molar-refractivity contribution in [3.05, 3.63) is 125 Å². The minimum absolute atomic E-state index is 0.155. The predicted octanol–water partition coefficient (Wildman–Crippen LogP) is 6.29. The molecule has 1 heterocycles. The standard InChI is InChI=1S/C29H26N2O2/c32-29(30-27-12-6-7-13-28(27)33-26-10-2-1-3-11-26)24-16-14-22(15-17-24)20-31-19-18-23-8-4-5-9-25(23)21-31/h1-17H,18-21H2,(H,30,32). The molecule has 0 spiro atoms. The average Bonchev–Trinajstić information content (AvgIpc) is 2.86. The molecule has 164 valence electrons. The molecule has 4 aromatic carbocycles. The van der Waals surface area contributed by atoms with Gasteiger partial charge in [0.2, 0.25) is 0 Å². The van der Waals surface area contributed by atoms with Crippen LogP contribution in [-0.4, -0.2) is 17.4 Å². The van der Waals surface area contributed by atoms with Crippen molar-refractivity contribution < 1.29 is 9.53 Å². The molecule has 0 fully saturated rings. The van der Waals surface area contributed by atoms with Crippen LogP contribution in [0.3, 0.4) is 0 Å². The number of hydrogen-bond acceptors (Lipinski definition) is 3. The number of nitrogens with zero attached hydrogens (tertiary/aromatic N) is 1. The van der Waals surface area contributed by atoms with Crippen molar-refractivity contribution in [3.63, 3.8) is 0 Å². The molecule has 0 saturated carbocycles. The Hall–Kier alpha value is -3.89. The van der Waals surface area contributed by atoms with Crippen LogP contribution in [0.2, 0.25) is 0 Å². The van der Waals surface area contributed by atoms with E-state index in [1.54, 1.807) is 0 Å². The minimum atomic E-state index is -0.155. The molecule has 0 unspecified atom stereocenters. The molecule has 0 atom stereocenters. The highest BCUT2D eigenvalue weighted by Crippen LogP contribution is 2.29. The van der Waals surface area contributed by atoms with Gasteiger partial charge in [-0.25, -0.2) is 0 Å². The fourth-order valence-electron chi connectivity index (χ4n) is 4.18. The Morgan fingerprint density at radius 1 is 0.788 bits per heavy atom. The van der Waals surface area contributed by atoms with Crippen molar-refractivity contribution >= 4 is 11.6 Å². The third-order valence-corrected chi connectivity index (χ3v) is 5.94. The van der Waals surface area contributed by atoms with E-state index in [2.05, 4.69) is 34.5 Å². The topological polar surface area (TPSA) is 41.6 Å². The molecule has 1 N–H and O–H groups in total. The maximum Gasteiger partial charge on any atom is 0.255 e. The molecular formula is C29H26N2O2. The number of fused-ring (bicyclic) bond motifs is 1. The number of rotatable bonds is 6. The van der Waals surface area contributed by atoms with Gasteiger partial charge in [-0.3, -0.25) is 9.69 Å². The molecule has 4 nitrogen and oxygen atoms in total. The van der Waals surface area contributed by atoms with Gasteiger partial charge < -0.3 is 10.1 Å². The maximum absolute atomic E-state index is 12.9. The molecule has 1 aliphatic heterocycles. The predicted molar refractivity (Wildman–Crippen MR) is 132 cm³/mol. The summed E-state index contributed by atoms with van der Waals surface area (Å²) in [5.41, 5.74) is 5.34. The smallest absolute Gasteiger partial charge is 0.255 e. The first-order valence-corrected chi connectivity index (χ1v) is 11.3. The Labute approximate surface area is 194 Å². The third-order valence-electron chi connectivity index (χ3n) is 5.94. The van der Waals surface area contributed by atoms with Crippen molar-refractivity contribution in [2.45, 2.75) is 19.5 Å². The summed E-state index contributed by atoms with van der Waals surface area (Å²) in [6, 6.07) is 33.6. The number of amides is 1. The summed E-state index contributed by atoms with van der Waals surface area (Å²) in [5.74, 6) is 1.18. The second-order valence-corrected chi connectivity index (χ2v) is 8.29. The van der Waals surface area contributed by atoms with E-state index < -0.39 is 0 Å². The molecule has 1 aliphatic rings. The van der Waals surface area contributed by atoms with E-state index in [0.717, 1.165) is 31.8 Å². The van der Waals surface area contributed by atoms with E-state index in [-0.39, 0.29) is 5.91 Å². The lowest BCUT2D eigenvalue weighted by atomic mass is 9.99. The van der Waals surface area contributed by atoms with E-state index in [0.29, 0.717) is 17.0 Å². The monoisotopic (exact) mass is 434 g/mol. The number of benzene rings is 4. The minimum Gasteiger partial charge on any atom is -0.455 e. The van der Waals surface area contributed by atoms with Crippen LogP contribution in [0.4, 0.5) is 5.69 Å². The van der Waals surface area contributed by atoms with Crippen LogP contribution >= 0.6 is 0 Å². The van der Waals surface area contributed by atoms with Crippen LogP contribution in [0, 0.1) is 0 Å². The number of hydrogen-bond donors (Lipinski definition) is 1. The van der Waals surface area contributed by atoms with Gasteiger partial charge in [0.25, 0.3) is 5.91 Å². The van der Waals surface area contributed by atoms with Crippen molar-refractivity contribution in [3.8, 4) is 11.5 Å². The molecule has 5 rings (SSSR count). The van der Waals surface area contributed by atoms with E-state index in [1.807, 2.05) is 78.9 Å². The molecule has 4 aromatic rings. The Bertz CT molecular complexity index is 1240. The molecule has 0 radical (unpaired) electrons. The van der Waals surface area contributed by atoms with Crippen molar-refractivity contribution in [2.24, 2.45) is 0 Å². The van der Waals surface area contributed by atoms with Crippen LogP contribution in [0.5, 0.6) is 11.5 Å². The highest BCUT2D eigenvalue weighted by Gasteiger charge is 2.16. The molecule has 1 amide bonds. The largest absolute Gasteiger partial charge is 0.455 e. The number of carbonyl (C=O) groups excluding carboxylic acids is 1. The van der Waals surface area contributed by atoms with Gasteiger partial charge in [0.15, 0.2) is 5.75 Å². The SMILES string of the molecule is O=C(Nc1ccccc1Oc1ccccc1)c1ccc(CN2CCc3ccccc3C2)cc1. The van der Waals surface area contributed by atoms with Crippen molar-refractivity contribution in [1.82, 2.24) is 4.90 Å². The average molecular weight is 435 g/mol. The quantitative estimate of drug-likeness (QED) is 0.388. The first-order valence-electron chi connectivity index (χ1n) is 11.3. The summed E-state index contributed by atoms with van der Waals surface area (Å²) in [5, 5.41) is 2.98. The maximum atomic E-state index is 12.9. The van der Waals surface area contributed by atoms with Crippen molar-refractivity contribution in [1.29, 1.82) is 0 Å². The van der Waals surface area contributed by atoms with Gasteiger partial charge in [-0.15, -0.1) is 0 Å². The molecule has 4 heteroatoms. The molecule has 33 heavy (non-hydrogen) atoms. The summed E-state index contributed by atoms with van der Waals surface area (Å²) >= 11 is 0. The van der Waals surface area contributed by atoms with Gasteiger partial charge in [0.05, 0.1) is 5.69 Å². The third kappa shape index (κ3) is 5.13. The Balaban J connectivity index is 1.23. The summed E-state index contributed by atoms with van der Waals surface area (Å²) < 4.78 is 5.95. The van der Waals surface area contributed by atoms with Crippen molar-refractivity contribution in [2.75, 3.05) is 11.9 Å². The number of ether oxygens (including phenoxy) is 1. The van der Waals surface area contributed by atoms with E-state index in [1.165, 1.54) is 16.7 Å². The number of nitrogens with one attached hydrogen (secondary N) is 1. The zero-order valence-corrected chi connectivity index (χ0v) is 18.4. The summed E-state index contributed by atoms with van der Waals surface area (Å²) in [4.78, 5) is 15.3. The lowest BCUT2D eigenvalue weighted by Gasteiger charge is -2.28. The van der Waals surface area contributed by atoms with E-state index in [9.17, 15) is 4.79 Å². The highest BCUT2D eigenvalue weighted by atomic mass is 16.5. The van der Waals surface area contributed by atoms with Gasteiger partial charge in [-0.05, 0) is 59.5 Å². The zero-order valence-electron chi connectivity index (χ0n) is 18.4. The molecule has 0 aromatic heterocycles. The van der Waals surface area contributed by atoms with Crippen LogP contribution < -0.4 is 10.1 Å². The summed E-state index contributed by atoms with van der Waals surface area (Å²) in [6.07, 6.45) is 1.08. The number of carbonyl (C=O) groups is 1. The fourth-order valence-corrected chi connectivity index (χ4v) is 4.18. The second kappa shape index (κ2) is 9.72. The molecule has 0 aliphatic carbocycles. The van der Waals surface area contributed by atoms with Crippen LogP contribution in [-0.2, 0) is 19.5 Å². The fraction of sp³-hybridized carbons (Fsp3) is 0.138.